The first kappa shape index (κ1) is 14.8. The summed E-state index contributed by atoms with van der Waals surface area (Å²) in [6, 6.07) is 11.6. The first-order valence-electron chi connectivity index (χ1n) is 7.12. The number of methoxy groups -OCH3 is 1. The number of hydrogen-bond acceptors (Lipinski definition) is 5. The Bertz CT molecular complexity index is 676. The topological polar surface area (TPSA) is 47.9 Å². The third kappa shape index (κ3) is 3.20. The van der Waals surface area contributed by atoms with Crippen molar-refractivity contribution in [3.05, 3.63) is 52.2 Å². The summed E-state index contributed by atoms with van der Waals surface area (Å²) in [6.07, 6.45) is 1.04. The van der Waals surface area contributed by atoms with Crippen LogP contribution in [0.25, 0.3) is 0 Å². The molecular weight excluding hydrogens is 298 g/mol. The van der Waals surface area contributed by atoms with Crippen LogP contribution in [0.3, 0.4) is 0 Å². The van der Waals surface area contributed by atoms with Gasteiger partial charge in [0.15, 0.2) is 0 Å². The number of oxime groups is 1. The van der Waals surface area contributed by atoms with Crippen molar-refractivity contribution < 1.29 is 14.4 Å². The molecule has 114 valence electrons. The van der Waals surface area contributed by atoms with E-state index in [1.807, 2.05) is 30.5 Å². The second kappa shape index (κ2) is 6.32. The number of hydrogen-bond donors (Lipinski definition) is 0. The van der Waals surface area contributed by atoms with Crippen molar-refractivity contribution in [3.8, 4) is 5.75 Å². The summed E-state index contributed by atoms with van der Waals surface area (Å²) in [5.74, 6) is 1.27. The van der Waals surface area contributed by atoms with E-state index in [1.54, 1.807) is 13.2 Å². The van der Waals surface area contributed by atoms with Gasteiger partial charge < -0.3 is 9.57 Å². The molecule has 4 nitrogen and oxygen atoms in total. The van der Waals surface area contributed by atoms with Crippen LogP contribution in [0.4, 0.5) is 0 Å². The van der Waals surface area contributed by atoms with Crippen molar-refractivity contribution >= 4 is 23.0 Å². The molecule has 1 aliphatic rings. The third-order valence-electron chi connectivity index (χ3n) is 3.87. The van der Waals surface area contributed by atoms with Crippen LogP contribution in [0.15, 0.2) is 46.9 Å². The van der Waals surface area contributed by atoms with Crippen LogP contribution in [0, 0.1) is 5.92 Å². The summed E-state index contributed by atoms with van der Waals surface area (Å²) in [4.78, 5) is 17.3. The molecule has 0 N–H and O–H groups in total. The Morgan fingerprint density at radius 2 is 2.05 bits per heavy atom. The van der Waals surface area contributed by atoms with Crippen LogP contribution < -0.4 is 4.74 Å². The van der Waals surface area contributed by atoms with E-state index in [9.17, 15) is 4.79 Å². The number of thiophene rings is 1. The summed E-state index contributed by atoms with van der Waals surface area (Å²) < 4.78 is 5.16. The molecule has 0 bridgehead atoms. The average Bonchev–Trinajstić information content (AvgIpc) is 3.17. The normalized spacial score (nSPS) is 20.5. The molecule has 0 saturated heterocycles. The van der Waals surface area contributed by atoms with Gasteiger partial charge in [-0.2, -0.15) is 0 Å². The first-order chi connectivity index (χ1) is 10.7. The zero-order valence-electron chi connectivity index (χ0n) is 12.5. The Kier molecular flexibility index (Phi) is 4.24. The van der Waals surface area contributed by atoms with Gasteiger partial charge >= 0.3 is 5.97 Å². The van der Waals surface area contributed by atoms with E-state index < -0.39 is 5.97 Å². The van der Waals surface area contributed by atoms with Crippen LogP contribution in [-0.4, -0.2) is 18.8 Å². The van der Waals surface area contributed by atoms with Gasteiger partial charge in [0.05, 0.1) is 12.8 Å². The van der Waals surface area contributed by atoms with Gasteiger partial charge in [0.25, 0.3) is 0 Å². The molecule has 0 radical (unpaired) electrons. The lowest BCUT2D eigenvalue weighted by Crippen LogP contribution is -2.03. The quantitative estimate of drug-likeness (QED) is 0.474. The molecule has 1 heterocycles. The van der Waals surface area contributed by atoms with Gasteiger partial charge in [-0.1, -0.05) is 23.4 Å². The highest BCUT2D eigenvalue weighted by Gasteiger charge is 2.40. The van der Waals surface area contributed by atoms with Gasteiger partial charge in [-0.25, -0.2) is 4.79 Å². The SMILES string of the molecule is COc1ccc([C@@H]2C[C@@H]2C(C)=NOC(=O)c2cccs2)cc1. The zero-order valence-corrected chi connectivity index (χ0v) is 13.3. The minimum absolute atomic E-state index is 0.351. The van der Waals surface area contributed by atoms with E-state index in [-0.39, 0.29) is 0 Å². The minimum Gasteiger partial charge on any atom is -0.497 e. The van der Waals surface area contributed by atoms with E-state index in [0.29, 0.717) is 16.7 Å². The van der Waals surface area contributed by atoms with E-state index in [1.165, 1.54) is 16.9 Å². The standard InChI is InChI=1S/C17H17NO3S/c1-11(18-21-17(19)16-4-3-9-22-16)14-10-15(14)12-5-7-13(20-2)8-6-12/h3-9,14-15H,10H2,1-2H3/t14-,15+/m1/s1. The van der Waals surface area contributed by atoms with Crippen molar-refractivity contribution in [2.45, 2.75) is 19.3 Å². The fourth-order valence-electron chi connectivity index (χ4n) is 2.50. The second-order valence-corrected chi connectivity index (χ2v) is 6.26. The molecular formula is C17H17NO3S. The van der Waals surface area contributed by atoms with Crippen molar-refractivity contribution in [3.63, 3.8) is 0 Å². The molecule has 1 saturated carbocycles. The van der Waals surface area contributed by atoms with Gasteiger partial charge in [0.1, 0.15) is 10.6 Å². The molecule has 1 aromatic heterocycles. The molecule has 1 fully saturated rings. The second-order valence-electron chi connectivity index (χ2n) is 5.31. The number of rotatable bonds is 5. The van der Waals surface area contributed by atoms with E-state index >= 15 is 0 Å². The molecule has 0 spiro atoms. The highest BCUT2D eigenvalue weighted by atomic mass is 32.1. The zero-order chi connectivity index (χ0) is 15.5. The monoisotopic (exact) mass is 315 g/mol. The summed E-state index contributed by atoms with van der Waals surface area (Å²) >= 11 is 1.35. The van der Waals surface area contributed by atoms with Crippen LogP contribution in [0.1, 0.15) is 34.5 Å². The van der Waals surface area contributed by atoms with Gasteiger partial charge in [-0.3, -0.25) is 0 Å². The van der Waals surface area contributed by atoms with Gasteiger partial charge in [-0.15, -0.1) is 11.3 Å². The minimum atomic E-state index is -0.393. The number of benzene rings is 1. The van der Waals surface area contributed by atoms with Gasteiger partial charge in [-0.05, 0) is 48.4 Å². The predicted octanol–water partition coefficient (Wildman–Crippen LogP) is 4.09. The molecule has 1 aliphatic carbocycles. The summed E-state index contributed by atoms with van der Waals surface area (Å²) in [5.41, 5.74) is 2.13. The van der Waals surface area contributed by atoms with E-state index in [2.05, 4.69) is 17.3 Å². The van der Waals surface area contributed by atoms with Crippen LogP contribution >= 0.6 is 11.3 Å². The molecule has 2 atom stereocenters. The molecule has 5 heteroatoms. The lowest BCUT2D eigenvalue weighted by Gasteiger charge is -2.03. The van der Waals surface area contributed by atoms with Crippen LogP contribution in [0.5, 0.6) is 5.75 Å². The van der Waals surface area contributed by atoms with Crippen molar-refractivity contribution in [2.75, 3.05) is 7.11 Å². The molecule has 0 aliphatic heterocycles. The maximum atomic E-state index is 11.7. The number of carbonyl (C=O) groups is 1. The molecule has 22 heavy (non-hydrogen) atoms. The van der Waals surface area contributed by atoms with Crippen molar-refractivity contribution in [1.82, 2.24) is 0 Å². The van der Waals surface area contributed by atoms with Crippen molar-refractivity contribution in [1.29, 1.82) is 0 Å². The van der Waals surface area contributed by atoms with Gasteiger partial charge in [0, 0.05) is 5.92 Å². The fourth-order valence-corrected chi connectivity index (χ4v) is 3.09. The average molecular weight is 315 g/mol. The molecule has 0 amide bonds. The van der Waals surface area contributed by atoms with Gasteiger partial charge in [0.2, 0.25) is 0 Å². The highest BCUT2D eigenvalue weighted by molar-refractivity contribution is 7.11. The number of nitrogens with zero attached hydrogens (tertiary/aromatic N) is 1. The largest absolute Gasteiger partial charge is 0.497 e. The van der Waals surface area contributed by atoms with E-state index in [4.69, 9.17) is 9.57 Å². The Hall–Kier alpha value is -2.14. The van der Waals surface area contributed by atoms with Crippen molar-refractivity contribution in [2.24, 2.45) is 11.1 Å². The molecule has 1 aromatic carbocycles. The Labute approximate surface area is 133 Å². The smallest absolute Gasteiger partial charge is 0.375 e. The Morgan fingerprint density at radius 3 is 2.68 bits per heavy atom. The summed E-state index contributed by atoms with van der Waals surface area (Å²) in [6.45, 7) is 1.91. The molecule has 0 unspecified atom stereocenters. The highest BCUT2D eigenvalue weighted by Crippen LogP contribution is 2.48. The maximum Gasteiger partial charge on any atom is 0.375 e. The van der Waals surface area contributed by atoms with E-state index in [0.717, 1.165) is 17.9 Å². The number of carbonyl (C=O) groups excluding carboxylic acids is 1. The van der Waals surface area contributed by atoms with Crippen LogP contribution in [0.2, 0.25) is 0 Å². The Balaban J connectivity index is 1.58. The maximum absolute atomic E-state index is 11.7. The summed E-state index contributed by atoms with van der Waals surface area (Å²) in [7, 11) is 1.66. The third-order valence-corrected chi connectivity index (χ3v) is 4.72. The van der Waals surface area contributed by atoms with Crippen LogP contribution in [-0.2, 0) is 4.84 Å². The first-order valence-corrected chi connectivity index (χ1v) is 8.00. The Morgan fingerprint density at radius 1 is 1.27 bits per heavy atom. The fraction of sp³-hybridized carbons (Fsp3) is 0.294. The molecule has 3 rings (SSSR count). The predicted molar refractivity (Wildman–Crippen MR) is 86.7 cm³/mol. The lowest BCUT2D eigenvalue weighted by molar-refractivity contribution is 0.0520. The molecule has 2 aromatic rings. The summed E-state index contributed by atoms with van der Waals surface area (Å²) in [5, 5.41) is 5.84. The lowest BCUT2D eigenvalue weighted by atomic mass is 10.1. The number of ether oxygens (including phenoxy) is 1.